The molecule has 2 aliphatic heterocycles. The normalized spacial score (nSPS) is 20.9. The summed E-state index contributed by atoms with van der Waals surface area (Å²) in [7, 11) is 1.90. The number of hydrogen-bond donors (Lipinski definition) is 0. The summed E-state index contributed by atoms with van der Waals surface area (Å²) in [5.74, 6) is 0.862. The number of benzene rings is 1. The number of hydrogen-bond acceptors (Lipinski definition) is 5. The first-order chi connectivity index (χ1) is 16.3. The second kappa shape index (κ2) is 10.9. The number of ether oxygens (including phenoxy) is 2. The molecule has 2 atom stereocenters. The molecule has 184 valence electrons. The molecule has 3 heterocycles. The van der Waals surface area contributed by atoms with E-state index in [-0.39, 0.29) is 23.8 Å². The van der Waals surface area contributed by atoms with Crippen LogP contribution in [0.15, 0.2) is 28.7 Å². The average molecular weight is 533 g/mol. The Morgan fingerprint density at radius 2 is 1.91 bits per heavy atom. The molecule has 0 spiro atoms. The molecule has 1 aromatic heterocycles. The van der Waals surface area contributed by atoms with E-state index in [4.69, 9.17) is 9.47 Å². The summed E-state index contributed by atoms with van der Waals surface area (Å²) in [5, 5.41) is 4.44. The van der Waals surface area contributed by atoms with Gasteiger partial charge in [-0.15, -0.1) is 0 Å². The Kier molecular flexibility index (Phi) is 7.93. The quantitative estimate of drug-likeness (QED) is 0.571. The third kappa shape index (κ3) is 5.81. The zero-order valence-corrected chi connectivity index (χ0v) is 21.7. The zero-order chi connectivity index (χ0) is 24.2. The van der Waals surface area contributed by atoms with Crippen molar-refractivity contribution < 1.29 is 19.1 Å². The van der Waals surface area contributed by atoms with Gasteiger partial charge in [0.15, 0.2) is 0 Å². The van der Waals surface area contributed by atoms with E-state index in [1.54, 1.807) is 0 Å². The minimum atomic E-state index is -0.134. The topological polar surface area (TPSA) is 76.9 Å². The highest BCUT2D eigenvalue weighted by atomic mass is 79.9. The van der Waals surface area contributed by atoms with Crippen LogP contribution in [0, 0.1) is 19.8 Å². The number of amides is 2. The predicted molar refractivity (Wildman–Crippen MR) is 132 cm³/mol. The monoisotopic (exact) mass is 532 g/mol. The largest absolute Gasteiger partial charge is 0.490 e. The van der Waals surface area contributed by atoms with Gasteiger partial charge in [-0.3, -0.25) is 14.3 Å². The highest BCUT2D eigenvalue weighted by Crippen LogP contribution is 2.28. The Hall–Kier alpha value is -2.39. The van der Waals surface area contributed by atoms with Crippen molar-refractivity contribution in [3.63, 3.8) is 0 Å². The van der Waals surface area contributed by atoms with Crippen LogP contribution in [0.4, 0.5) is 0 Å². The molecule has 0 saturated carbocycles. The second-order valence-corrected chi connectivity index (χ2v) is 10.1. The molecular weight excluding hydrogens is 500 g/mol. The number of likely N-dealkylation sites (tertiary alicyclic amines) is 1. The molecule has 0 bridgehead atoms. The lowest BCUT2D eigenvalue weighted by Crippen LogP contribution is -2.50. The van der Waals surface area contributed by atoms with Gasteiger partial charge in [0.2, 0.25) is 11.8 Å². The molecule has 34 heavy (non-hydrogen) atoms. The maximum Gasteiger partial charge on any atom is 0.227 e. The van der Waals surface area contributed by atoms with Gasteiger partial charge in [-0.2, -0.15) is 5.10 Å². The second-order valence-electron chi connectivity index (χ2n) is 9.15. The first-order valence-electron chi connectivity index (χ1n) is 11.9. The molecule has 0 unspecified atom stereocenters. The summed E-state index contributed by atoms with van der Waals surface area (Å²) in [6.07, 6.45) is 1.23. The summed E-state index contributed by atoms with van der Waals surface area (Å²) in [4.78, 5) is 30.1. The van der Waals surface area contributed by atoms with Crippen molar-refractivity contribution in [1.29, 1.82) is 0 Å². The maximum absolute atomic E-state index is 13.3. The van der Waals surface area contributed by atoms with Gasteiger partial charge in [0, 0.05) is 67.7 Å². The lowest BCUT2D eigenvalue weighted by Gasteiger charge is -2.39. The van der Waals surface area contributed by atoms with E-state index in [0.29, 0.717) is 58.7 Å². The number of carbonyl (C=O) groups is 2. The van der Waals surface area contributed by atoms with Crippen molar-refractivity contribution in [2.24, 2.45) is 13.0 Å². The number of nitrogens with zero attached hydrogens (tertiary/aromatic N) is 4. The Morgan fingerprint density at radius 1 is 1.15 bits per heavy atom. The van der Waals surface area contributed by atoms with E-state index in [9.17, 15) is 9.59 Å². The van der Waals surface area contributed by atoms with Crippen LogP contribution in [-0.2, 0) is 27.8 Å². The van der Waals surface area contributed by atoms with Crippen molar-refractivity contribution in [3.8, 4) is 5.75 Å². The molecule has 9 heteroatoms. The molecule has 2 aromatic rings. The molecule has 8 nitrogen and oxygen atoms in total. The zero-order valence-electron chi connectivity index (χ0n) is 20.1. The summed E-state index contributed by atoms with van der Waals surface area (Å²) >= 11 is 3.50. The summed E-state index contributed by atoms with van der Waals surface area (Å²) < 4.78 is 14.5. The van der Waals surface area contributed by atoms with E-state index in [0.717, 1.165) is 27.2 Å². The summed E-state index contributed by atoms with van der Waals surface area (Å²) in [6, 6.07) is 7.75. The SMILES string of the molecule is Cc1nn(C)c(C)c1CC(=O)N1CC[C@H](Oc2cccc(Br)c2)[C@@H](CC(=O)N2CCOCC2)C1. The average Bonchev–Trinajstić information content (AvgIpc) is 3.06. The van der Waals surface area contributed by atoms with Gasteiger partial charge in [0.05, 0.1) is 25.3 Å². The van der Waals surface area contributed by atoms with Gasteiger partial charge in [0.1, 0.15) is 11.9 Å². The van der Waals surface area contributed by atoms with Crippen molar-refractivity contribution in [2.45, 2.75) is 39.2 Å². The standard InChI is InChI=1S/C25H33BrN4O4/c1-17-22(18(2)28(3)27-17)15-25(32)30-8-7-23(34-21-6-4-5-20(26)14-21)19(16-30)13-24(31)29-9-11-33-12-10-29/h4-6,14,19,23H,7-13,15-16H2,1-3H3/t19-,23-/m0/s1. The molecular formula is C25H33BrN4O4. The third-order valence-corrected chi connectivity index (χ3v) is 7.38. The fraction of sp³-hybridized carbons (Fsp3) is 0.560. The minimum Gasteiger partial charge on any atom is -0.490 e. The first-order valence-corrected chi connectivity index (χ1v) is 12.7. The fourth-order valence-electron chi connectivity index (χ4n) is 4.81. The number of piperidine rings is 1. The predicted octanol–water partition coefficient (Wildman–Crippen LogP) is 2.89. The Morgan fingerprint density at radius 3 is 2.59 bits per heavy atom. The number of rotatable bonds is 6. The molecule has 0 N–H and O–H groups in total. The Balaban J connectivity index is 1.47. The number of carbonyl (C=O) groups excluding carboxylic acids is 2. The highest BCUT2D eigenvalue weighted by molar-refractivity contribution is 9.10. The molecule has 2 aliphatic rings. The summed E-state index contributed by atoms with van der Waals surface area (Å²) in [6.45, 7) is 7.42. The molecule has 2 fully saturated rings. The number of aromatic nitrogens is 2. The van der Waals surface area contributed by atoms with E-state index in [1.165, 1.54) is 0 Å². The highest BCUT2D eigenvalue weighted by Gasteiger charge is 2.36. The van der Waals surface area contributed by atoms with Crippen molar-refractivity contribution in [2.75, 3.05) is 39.4 Å². The molecule has 2 saturated heterocycles. The van der Waals surface area contributed by atoms with E-state index >= 15 is 0 Å². The van der Waals surface area contributed by atoms with E-state index in [1.807, 2.05) is 59.6 Å². The van der Waals surface area contributed by atoms with Crippen LogP contribution in [0.3, 0.4) is 0 Å². The van der Waals surface area contributed by atoms with Crippen molar-refractivity contribution in [1.82, 2.24) is 19.6 Å². The third-order valence-electron chi connectivity index (χ3n) is 6.89. The number of morpholine rings is 1. The van der Waals surface area contributed by atoms with Crippen LogP contribution < -0.4 is 4.74 Å². The molecule has 0 aliphatic carbocycles. The number of aryl methyl sites for hydroxylation is 2. The van der Waals surface area contributed by atoms with Crippen LogP contribution in [0.5, 0.6) is 5.75 Å². The molecule has 0 radical (unpaired) electrons. The van der Waals surface area contributed by atoms with Crippen LogP contribution in [0.25, 0.3) is 0 Å². The molecule has 1 aromatic carbocycles. The van der Waals surface area contributed by atoms with Gasteiger partial charge in [-0.25, -0.2) is 0 Å². The van der Waals surface area contributed by atoms with Gasteiger partial charge in [-0.1, -0.05) is 22.0 Å². The van der Waals surface area contributed by atoms with E-state index in [2.05, 4.69) is 21.0 Å². The van der Waals surface area contributed by atoms with Crippen LogP contribution in [0.2, 0.25) is 0 Å². The first kappa shape index (κ1) is 24.7. The van der Waals surface area contributed by atoms with Gasteiger partial charge in [0.25, 0.3) is 0 Å². The van der Waals surface area contributed by atoms with Crippen LogP contribution in [0.1, 0.15) is 29.8 Å². The van der Waals surface area contributed by atoms with Crippen LogP contribution in [-0.4, -0.2) is 76.9 Å². The van der Waals surface area contributed by atoms with E-state index < -0.39 is 0 Å². The minimum absolute atomic E-state index is 0.0731. The molecule has 4 rings (SSSR count). The van der Waals surface area contributed by atoms with Crippen molar-refractivity contribution in [3.05, 3.63) is 45.7 Å². The van der Waals surface area contributed by atoms with Gasteiger partial charge < -0.3 is 19.3 Å². The van der Waals surface area contributed by atoms with Gasteiger partial charge >= 0.3 is 0 Å². The smallest absolute Gasteiger partial charge is 0.227 e. The lowest BCUT2D eigenvalue weighted by atomic mass is 9.90. The number of halogens is 1. The fourth-order valence-corrected chi connectivity index (χ4v) is 5.18. The lowest BCUT2D eigenvalue weighted by molar-refractivity contribution is -0.141. The Bertz CT molecular complexity index is 1030. The molecule has 2 amide bonds. The van der Waals surface area contributed by atoms with Gasteiger partial charge in [-0.05, 0) is 32.0 Å². The summed E-state index contributed by atoms with van der Waals surface area (Å²) in [5.41, 5.74) is 2.89. The van der Waals surface area contributed by atoms with Crippen LogP contribution >= 0.6 is 15.9 Å². The van der Waals surface area contributed by atoms with Crippen molar-refractivity contribution >= 4 is 27.7 Å². The Labute approximate surface area is 209 Å². The maximum atomic E-state index is 13.3.